The topological polar surface area (TPSA) is 94.9 Å². The Hall–Kier alpha value is -3.23. The zero-order valence-corrected chi connectivity index (χ0v) is 18.0. The van der Waals surface area contributed by atoms with Crippen LogP contribution < -0.4 is 11.2 Å². The van der Waals surface area contributed by atoms with Gasteiger partial charge < -0.3 is 9.67 Å². The maximum atomic E-state index is 13.3. The molecule has 4 rings (SSSR count). The molecular formula is C22H22ClN5O3. The van der Waals surface area contributed by atoms with Crippen molar-refractivity contribution in [2.75, 3.05) is 6.61 Å². The molecule has 1 N–H and O–H groups in total. The van der Waals surface area contributed by atoms with E-state index in [2.05, 4.69) is 9.97 Å². The van der Waals surface area contributed by atoms with Crippen LogP contribution in [0.2, 0.25) is 5.02 Å². The predicted octanol–water partition coefficient (Wildman–Crippen LogP) is 2.35. The molecule has 0 aliphatic heterocycles. The first kappa shape index (κ1) is 21.0. The minimum atomic E-state index is -0.471. The van der Waals surface area contributed by atoms with Gasteiger partial charge in [-0.3, -0.25) is 18.9 Å². The van der Waals surface area contributed by atoms with E-state index in [1.54, 1.807) is 29.9 Å². The smallest absolute Gasteiger partial charge is 0.332 e. The van der Waals surface area contributed by atoms with E-state index in [9.17, 15) is 14.7 Å². The van der Waals surface area contributed by atoms with Crippen molar-refractivity contribution in [3.05, 3.63) is 79.7 Å². The van der Waals surface area contributed by atoms with E-state index in [-0.39, 0.29) is 18.8 Å². The molecule has 0 saturated heterocycles. The molecular weight excluding hydrogens is 418 g/mol. The lowest BCUT2D eigenvalue weighted by Gasteiger charge is -2.11. The predicted molar refractivity (Wildman–Crippen MR) is 119 cm³/mol. The van der Waals surface area contributed by atoms with Crippen LogP contribution in [0.3, 0.4) is 0 Å². The van der Waals surface area contributed by atoms with Gasteiger partial charge in [0.15, 0.2) is 11.2 Å². The number of rotatable bonds is 6. The molecule has 31 heavy (non-hydrogen) atoms. The molecule has 0 atom stereocenters. The first-order valence-corrected chi connectivity index (χ1v) is 10.3. The summed E-state index contributed by atoms with van der Waals surface area (Å²) in [5.74, 6) is 0.520. The summed E-state index contributed by atoms with van der Waals surface area (Å²) in [7, 11) is 1.59. The van der Waals surface area contributed by atoms with Crippen LogP contribution in [0.15, 0.2) is 52.2 Å². The SMILES string of the molecule is Cc1ccc(Cn2c(-c3cccc(Cl)c3)nc3c2c(=O)n(CCCO)c(=O)n3C)nc1. The third-order valence-electron chi connectivity index (χ3n) is 5.15. The fourth-order valence-electron chi connectivity index (χ4n) is 3.55. The molecule has 0 aliphatic rings. The van der Waals surface area contributed by atoms with Crippen molar-refractivity contribution >= 4 is 22.8 Å². The van der Waals surface area contributed by atoms with Crippen LogP contribution >= 0.6 is 11.6 Å². The normalized spacial score (nSPS) is 11.4. The van der Waals surface area contributed by atoms with Crippen molar-refractivity contribution in [2.45, 2.75) is 26.4 Å². The lowest BCUT2D eigenvalue weighted by Crippen LogP contribution is -2.40. The molecule has 1 aromatic carbocycles. The number of aliphatic hydroxyl groups excluding tert-OH is 1. The molecule has 0 fully saturated rings. The van der Waals surface area contributed by atoms with E-state index in [1.807, 2.05) is 31.2 Å². The Labute approximate surface area is 183 Å². The Morgan fingerprint density at radius 2 is 1.94 bits per heavy atom. The van der Waals surface area contributed by atoms with E-state index in [1.165, 1.54) is 4.57 Å². The molecule has 0 spiro atoms. The first-order chi connectivity index (χ1) is 14.9. The van der Waals surface area contributed by atoms with E-state index in [0.29, 0.717) is 29.3 Å². The van der Waals surface area contributed by atoms with Gasteiger partial charge in [0, 0.05) is 37.0 Å². The molecule has 3 heterocycles. The van der Waals surface area contributed by atoms with Gasteiger partial charge in [0.2, 0.25) is 0 Å². The van der Waals surface area contributed by atoms with E-state index in [0.717, 1.165) is 21.4 Å². The third kappa shape index (κ3) is 3.92. The van der Waals surface area contributed by atoms with E-state index in [4.69, 9.17) is 11.6 Å². The van der Waals surface area contributed by atoms with Crippen molar-refractivity contribution < 1.29 is 5.11 Å². The number of pyridine rings is 1. The highest BCUT2D eigenvalue weighted by molar-refractivity contribution is 6.30. The van der Waals surface area contributed by atoms with Gasteiger partial charge in [-0.15, -0.1) is 0 Å². The van der Waals surface area contributed by atoms with E-state index >= 15 is 0 Å². The largest absolute Gasteiger partial charge is 0.396 e. The van der Waals surface area contributed by atoms with Crippen molar-refractivity contribution in [2.24, 2.45) is 7.05 Å². The first-order valence-electron chi connectivity index (χ1n) is 9.89. The Morgan fingerprint density at radius 3 is 2.61 bits per heavy atom. The molecule has 0 amide bonds. The van der Waals surface area contributed by atoms with Crippen LogP contribution in [0.25, 0.3) is 22.6 Å². The van der Waals surface area contributed by atoms with Crippen LogP contribution in [0.1, 0.15) is 17.7 Å². The fraction of sp³-hybridized carbons (Fsp3) is 0.273. The number of aliphatic hydroxyl groups is 1. The highest BCUT2D eigenvalue weighted by Gasteiger charge is 2.21. The maximum Gasteiger partial charge on any atom is 0.332 e. The Balaban J connectivity index is 2.03. The van der Waals surface area contributed by atoms with Crippen LogP contribution in [0.4, 0.5) is 0 Å². The van der Waals surface area contributed by atoms with Crippen LogP contribution in [0.5, 0.6) is 0 Å². The van der Waals surface area contributed by atoms with Gasteiger partial charge in [-0.2, -0.15) is 0 Å². The standard InChI is InChI=1S/C22H22ClN5O3/c1-14-7-8-17(24-12-14)13-28-18-20(25-19(28)15-5-3-6-16(23)11-15)26(2)22(31)27(21(18)30)9-4-10-29/h3,5-8,11-12,29H,4,9-10,13H2,1-2H3. The molecule has 0 aliphatic carbocycles. The number of aromatic nitrogens is 5. The molecule has 4 aromatic rings. The monoisotopic (exact) mass is 439 g/mol. The summed E-state index contributed by atoms with van der Waals surface area (Å²) in [4.78, 5) is 35.2. The second-order valence-corrected chi connectivity index (χ2v) is 7.84. The van der Waals surface area contributed by atoms with Crippen LogP contribution in [0, 0.1) is 6.92 Å². The zero-order valence-electron chi connectivity index (χ0n) is 17.2. The maximum absolute atomic E-state index is 13.3. The fourth-order valence-corrected chi connectivity index (χ4v) is 3.74. The number of aryl methyl sites for hydroxylation is 2. The lowest BCUT2D eigenvalue weighted by atomic mass is 10.2. The molecule has 160 valence electrons. The average molecular weight is 440 g/mol. The van der Waals surface area contributed by atoms with Gasteiger partial charge >= 0.3 is 5.69 Å². The molecule has 0 unspecified atom stereocenters. The van der Waals surface area contributed by atoms with Crippen molar-refractivity contribution in [1.29, 1.82) is 0 Å². The molecule has 0 radical (unpaired) electrons. The van der Waals surface area contributed by atoms with Crippen molar-refractivity contribution in [3.63, 3.8) is 0 Å². The van der Waals surface area contributed by atoms with Crippen LogP contribution in [-0.4, -0.2) is 35.4 Å². The van der Waals surface area contributed by atoms with Gasteiger partial charge in [-0.1, -0.05) is 29.8 Å². The summed E-state index contributed by atoms with van der Waals surface area (Å²) in [6, 6.07) is 11.0. The second kappa shape index (κ2) is 8.49. The summed E-state index contributed by atoms with van der Waals surface area (Å²) in [6.45, 7) is 2.26. The van der Waals surface area contributed by atoms with Gasteiger partial charge in [0.25, 0.3) is 5.56 Å². The Bertz CT molecular complexity index is 1370. The minimum Gasteiger partial charge on any atom is -0.396 e. The number of imidazole rings is 1. The Morgan fingerprint density at radius 1 is 1.13 bits per heavy atom. The van der Waals surface area contributed by atoms with Gasteiger partial charge in [0.1, 0.15) is 5.82 Å². The highest BCUT2D eigenvalue weighted by Crippen LogP contribution is 2.25. The number of nitrogens with zero attached hydrogens (tertiary/aromatic N) is 5. The van der Waals surface area contributed by atoms with Gasteiger partial charge in [0.05, 0.1) is 12.2 Å². The second-order valence-electron chi connectivity index (χ2n) is 7.41. The summed E-state index contributed by atoms with van der Waals surface area (Å²) < 4.78 is 4.28. The summed E-state index contributed by atoms with van der Waals surface area (Å²) >= 11 is 6.20. The molecule has 0 bridgehead atoms. The van der Waals surface area contributed by atoms with E-state index < -0.39 is 11.2 Å². The summed E-state index contributed by atoms with van der Waals surface area (Å²) in [5, 5.41) is 9.72. The number of hydrogen-bond donors (Lipinski definition) is 1. The molecule has 0 saturated carbocycles. The number of benzene rings is 1. The molecule has 9 heteroatoms. The molecule has 3 aromatic heterocycles. The number of halogens is 1. The highest BCUT2D eigenvalue weighted by atomic mass is 35.5. The third-order valence-corrected chi connectivity index (χ3v) is 5.38. The quantitative estimate of drug-likeness (QED) is 0.497. The number of hydrogen-bond acceptors (Lipinski definition) is 5. The lowest BCUT2D eigenvalue weighted by molar-refractivity contribution is 0.277. The van der Waals surface area contributed by atoms with Crippen molar-refractivity contribution in [1.82, 2.24) is 23.7 Å². The summed E-state index contributed by atoms with van der Waals surface area (Å²) in [6.07, 6.45) is 2.07. The molecule has 8 nitrogen and oxygen atoms in total. The van der Waals surface area contributed by atoms with Gasteiger partial charge in [-0.25, -0.2) is 9.78 Å². The number of fused-ring (bicyclic) bond motifs is 1. The van der Waals surface area contributed by atoms with Gasteiger partial charge in [-0.05, 0) is 37.1 Å². The summed E-state index contributed by atoms with van der Waals surface area (Å²) in [5.41, 5.74) is 2.19. The average Bonchev–Trinajstić information content (AvgIpc) is 3.13. The van der Waals surface area contributed by atoms with Crippen LogP contribution in [-0.2, 0) is 20.1 Å². The Kier molecular flexibility index (Phi) is 5.75. The van der Waals surface area contributed by atoms with Crippen molar-refractivity contribution in [3.8, 4) is 11.4 Å². The minimum absolute atomic E-state index is 0.117. The zero-order chi connectivity index (χ0) is 22.1.